The Bertz CT molecular complexity index is 1180. The molecular weight excluding hydrogens is 396 g/mol. The van der Waals surface area contributed by atoms with Gasteiger partial charge in [0.2, 0.25) is 11.7 Å². The number of nitrogens with zero attached hydrogens (tertiary/aromatic N) is 4. The molecule has 0 aliphatic heterocycles. The van der Waals surface area contributed by atoms with Crippen molar-refractivity contribution >= 4 is 44.7 Å². The average molecular weight is 409 g/mol. The van der Waals surface area contributed by atoms with Gasteiger partial charge in [-0.25, -0.2) is 9.97 Å². The van der Waals surface area contributed by atoms with Gasteiger partial charge in [0.1, 0.15) is 16.2 Å². The molecule has 0 saturated carbocycles. The molecule has 5 rings (SSSR count). The fourth-order valence-electron chi connectivity index (χ4n) is 2.74. The highest BCUT2D eigenvalue weighted by Gasteiger charge is 2.15. The van der Waals surface area contributed by atoms with Crippen molar-refractivity contribution in [2.75, 3.05) is 0 Å². The Kier molecular flexibility index (Phi) is 4.44. The smallest absolute Gasteiger partial charge is 0.237 e. The van der Waals surface area contributed by atoms with Gasteiger partial charge in [0.15, 0.2) is 0 Å². The number of fused-ring (bicyclic) bond motifs is 1. The highest BCUT2D eigenvalue weighted by atomic mass is 32.2. The Morgan fingerprint density at radius 3 is 2.78 bits per heavy atom. The molecule has 0 atom stereocenters. The number of aromatic nitrogens is 4. The summed E-state index contributed by atoms with van der Waals surface area (Å²) in [5.74, 6) is 1.79. The zero-order valence-corrected chi connectivity index (χ0v) is 16.4. The van der Waals surface area contributed by atoms with Crippen LogP contribution in [-0.2, 0) is 5.75 Å². The molecule has 0 aliphatic carbocycles. The Morgan fingerprint density at radius 2 is 1.93 bits per heavy atom. The first-order valence-electron chi connectivity index (χ1n) is 8.15. The lowest BCUT2D eigenvalue weighted by Crippen LogP contribution is -1.87. The van der Waals surface area contributed by atoms with Gasteiger partial charge in [-0.2, -0.15) is 4.98 Å². The summed E-state index contributed by atoms with van der Waals surface area (Å²) >= 11 is 4.82. The Morgan fingerprint density at radius 1 is 1.00 bits per heavy atom. The molecule has 0 amide bonds. The molecule has 132 valence electrons. The van der Waals surface area contributed by atoms with Crippen LogP contribution in [0.2, 0.25) is 0 Å². The Labute approximate surface area is 167 Å². The predicted octanol–water partition coefficient (Wildman–Crippen LogP) is 5.76. The second-order valence-corrected chi connectivity index (χ2v) is 8.42. The number of hydrogen-bond donors (Lipinski definition) is 0. The van der Waals surface area contributed by atoms with Crippen molar-refractivity contribution in [1.29, 1.82) is 0 Å². The molecule has 0 N–H and O–H groups in total. The monoisotopic (exact) mass is 408 g/mol. The SMILES string of the molecule is c1ccc(-c2csc3ncnc(SCc4nc(-c5cccs5)no4)c23)cc1. The quantitative estimate of drug-likeness (QED) is 0.272. The molecule has 8 heteroatoms. The highest BCUT2D eigenvalue weighted by Crippen LogP contribution is 2.38. The third-order valence-corrected chi connectivity index (χ3v) is 6.69. The summed E-state index contributed by atoms with van der Waals surface area (Å²) in [5.41, 5.74) is 2.32. The molecule has 0 radical (unpaired) electrons. The van der Waals surface area contributed by atoms with Crippen molar-refractivity contribution < 1.29 is 4.52 Å². The maximum atomic E-state index is 5.40. The molecule has 27 heavy (non-hydrogen) atoms. The average Bonchev–Trinajstić information content (AvgIpc) is 3.47. The second-order valence-electron chi connectivity index (χ2n) is 5.65. The van der Waals surface area contributed by atoms with E-state index in [1.807, 2.05) is 35.7 Å². The molecule has 0 fully saturated rings. The first-order valence-corrected chi connectivity index (χ1v) is 10.9. The van der Waals surface area contributed by atoms with Gasteiger partial charge in [-0.05, 0) is 17.0 Å². The lowest BCUT2D eigenvalue weighted by atomic mass is 10.1. The van der Waals surface area contributed by atoms with Crippen LogP contribution in [-0.4, -0.2) is 20.1 Å². The maximum Gasteiger partial charge on any atom is 0.237 e. The zero-order valence-electron chi connectivity index (χ0n) is 13.9. The van der Waals surface area contributed by atoms with Crippen molar-refractivity contribution in [1.82, 2.24) is 20.1 Å². The van der Waals surface area contributed by atoms with Crippen LogP contribution in [0.1, 0.15) is 5.89 Å². The number of benzene rings is 1. The molecule has 1 aromatic carbocycles. The molecule has 0 bridgehead atoms. The molecule has 0 saturated heterocycles. The van der Waals surface area contributed by atoms with Gasteiger partial charge in [-0.3, -0.25) is 0 Å². The van der Waals surface area contributed by atoms with Gasteiger partial charge >= 0.3 is 0 Å². The van der Waals surface area contributed by atoms with E-state index in [1.165, 1.54) is 0 Å². The van der Waals surface area contributed by atoms with Crippen LogP contribution in [0.25, 0.3) is 32.0 Å². The van der Waals surface area contributed by atoms with Gasteiger partial charge in [0, 0.05) is 10.9 Å². The van der Waals surface area contributed by atoms with E-state index in [-0.39, 0.29) is 0 Å². The van der Waals surface area contributed by atoms with Crippen molar-refractivity contribution in [2.45, 2.75) is 10.8 Å². The summed E-state index contributed by atoms with van der Waals surface area (Å²) < 4.78 is 5.40. The summed E-state index contributed by atoms with van der Waals surface area (Å²) in [6, 6.07) is 14.3. The van der Waals surface area contributed by atoms with Gasteiger partial charge in [0.05, 0.1) is 16.0 Å². The standard InChI is InChI=1S/C19H12N4OS3/c1-2-5-12(6-3-1)13-9-26-18-16(13)19(21-11-20-18)27-10-15-22-17(23-24-15)14-7-4-8-25-14/h1-9,11H,10H2. The molecule has 5 nitrogen and oxygen atoms in total. The topological polar surface area (TPSA) is 64.7 Å². The van der Waals surface area contributed by atoms with Crippen LogP contribution >= 0.6 is 34.4 Å². The van der Waals surface area contributed by atoms with Gasteiger partial charge < -0.3 is 4.52 Å². The van der Waals surface area contributed by atoms with E-state index in [1.54, 1.807) is 40.8 Å². The lowest BCUT2D eigenvalue weighted by molar-refractivity contribution is 0.392. The second kappa shape index (κ2) is 7.22. The molecule has 5 aromatic rings. The van der Waals surface area contributed by atoms with Crippen LogP contribution in [0.15, 0.2) is 69.1 Å². The number of thiophene rings is 2. The lowest BCUT2D eigenvalue weighted by Gasteiger charge is -2.04. The van der Waals surface area contributed by atoms with Crippen LogP contribution < -0.4 is 0 Å². The molecule has 4 heterocycles. The van der Waals surface area contributed by atoms with E-state index in [4.69, 9.17) is 4.52 Å². The third-order valence-electron chi connectivity index (χ3n) is 3.96. The van der Waals surface area contributed by atoms with Crippen LogP contribution in [0, 0.1) is 0 Å². The summed E-state index contributed by atoms with van der Waals surface area (Å²) in [7, 11) is 0. The van der Waals surface area contributed by atoms with Gasteiger partial charge in [-0.15, -0.1) is 22.7 Å². The van der Waals surface area contributed by atoms with Crippen molar-refractivity contribution in [3.8, 4) is 21.8 Å². The first kappa shape index (κ1) is 16.6. The largest absolute Gasteiger partial charge is 0.338 e. The molecular formula is C19H12N4OS3. The number of hydrogen-bond acceptors (Lipinski definition) is 8. The maximum absolute atomic E-state index is 5.40. The van der Waals surface area contributed by atoms with E-state index < -0.39 is 0 Å². The third kappa shape index (κ3) is 3.27. The summed E-state index contributed by atoms with van der Waals surface area (Å²) in [6.45, 7) is 0. The fraction of sp³-hybridized carbons (Fsp3) is 0.0526. The summed E-state index contributed by atoms with van der Waals surface area (Å²) in [4.78, 5) is 15.4. The van der Waals surface area contributed by atoms with Crippen molar-refractivity contribution in [3.05, 3.63) is 65.4 Å². The summed E-state index contributed by atoms with van der Waals surface area (Å²) in [6.07, 6.45) is 1.61. The van der Waals surface area contributed by atoms with Crippen LogP contribution in [0.4, 0.5) is 0 Å². The molecule has 0 aliphatic rings. The van der Waals surface area contributed by atoms with E-state index in [9.17, 15) is 0 Å². The van der Waals surface area contributed by atoms with E-state index in [0.717, 1.165) is 31.2 Å². The highest BCUT2D eigenvalue weighted by molar-refractivity contribution is 7.98. The Hall–Kier alpha value is -2.55. The minimum Gasteiger partial charge on any atom is -0.338 e. The van der Waals surface area contributed by atoms with E-state index >= 15 is 0 Å². The van der Waals surface area contributed by atoms with Crippen molar-refractivity contribution in [3.63, 3.8) is 0 Å². The number of thioether (sulfide) groups is 1. The van der Waals surface area contributed by atoms with Gasteiger partial charge in [0.25, 0.3) is 0 Å². The Balaban J connectivity index is 1.45. The van der Waals surface area contributed by atoms with Crippen LogP contribution in [0.3, 0.4) is 0 Å². The fourth-order valence-corrected chi connectivity index (χ4v) is 5.22. The first-order chi connectivity index (χ1) is 13.4. The minimum absolute atomic E-state index is 0.564. The molecule has 4 aromatic heterocycles. The molecule has 0 spiro atoms. The summed E-state index contributed by atoms with van der Waals surface area (Å²) in [5, 5.41) is 10.2. The molecule has 0 unspecified atom stereocenters. The number of rotatable bonds is 5. The predicted molar refractivity (Wildman–Crippen MR) is 110 cm³/mol. The van der Waals surface area contributed by atoms with Crippen molar-refractivity contribution in [2.24, 2.45) is 0 Å². The van der Waals surface area contributed by atoms with Crippen LogP contribution in [0.5, 0.6) is 0 Å². The van der Waals surface area contributed by atoms with Gasteiger partial charge in [-0.1, -0.05) is 53.3 Å². The zero-order chi connectivity index (χ0) is 18.1. The van der Waals surface area contributed by atoms with E-state index in [2.05, 4.69) is 37.6 Å². The minimum atomic E-state index is 0.564. The normalized spacial score (nSPS) is 11.3. The van der Waals surface area contributed by atoms with E-state index in [0.29, 0.717) is 17.5 Å².